The second-order valence-electron chi connectivity index (χ2n) is 8.81. The lowest BCUT2D eigenvalue weighted by atomic mass is 9.86. The summed E-state index contributed by atoms with van der Waals surface area (Å²) in [5.74, 6) is -0.515. The third-order valence-corrected chi connectivity index (χ3v) is 7.43. The monoisotopic (exact) mass is 481 g/mol. The molecule has 1 fully saturated rings. The highest BCUT2D eigenvalue weighted by Gasteiger charge is 2.29. The number of nitrogens with zero attached hydrogens (tertiary/aromatic N) is 2. The molecule has 1 aliphatic carbocycles. The zero-order valence-electron chi connectivity index (χ0n) is 19.9. The highest BCUT2D eigenvalue weighted by atomic mass is 32.1. The molecule has 3 aromatic rings. The van der Waals surface area contributed by atoms with Crippen LogP contribution < -0.4 is 10.2 Å². The first-order valence-corrected chi connectivity index (χ1v) is 12.6. The zero-order valence-corrected chi connectivity index (χ0v) is 20.7. The quantitative estimate of drug-likeness (QED) is 0.503. The zero-order chi connectivity index (χ0) is 24.2. The average Bonchev–Trinajstić information content (AvgIpc) is 3.42. The van der Waals surface area contributed by atoms with E-state index in [0.29, 0.717) is 25.1 Å². The first-order valence-electron chi connectivity index (χ1n) is 11.7. The number of esters is 1. The molecular formula is C26H31N3O4S. The number of benzene rings is 1. The highest BCUT2D eigenvalue weighted by Crippen LogP contribution is 2.28. The standard InChI is InChI=1S/C26H31N3O4S/c1-4-28(20-7-5-6-17(2)14-20)24(30)16-29-21-12-13-34-23(21)15-22(29)25(31)27-19-10-8-18(9-11-19)26(32)33-3/h5-7,12-15,18-19H,4,8-11,16H2,1-3H3,(H,27,31)/t18-,19-. The number of thiophene rings is 1. The lowest BCUT2D eigenvalue weighted by Gasteiger charge is -2.27. The second kappa shape index (κ2) is 10.4. The Morgan fingerprint density at radius 3 is 2.59 bits per heavy atom. The van der Waals surface area contributed by atoms with Gasteiger partial charge < -0.3 is 19.5 Å². The minimum Gasteiger partial charge on any atom is -0.469 e. The summed E-state index contributed by atoms with van der Waals surface area (Å²) in [6.07, 6.45) is 2.87. The van der Waals surface area contributed by atoms with Crippen molar-refractivity contribution in [3.63, 3.8) is 0 Å². The van der Waals surface area contributed by atoms with Gasteiger partial charge in [0.15, 0.2) is 0 Å². The molecule has 1 aliphatic rings. The molecular weight excluding hydrogens is 450 g/mol. The van der Waals surface area contributed by atoms with Crippen LogP contribution >= 0.6 is 11.3 Å². The highest BCUT2D eigenvalue weighted by molar-refractivity contribution is 7.17. The van der Waals surface area contributed by atoms with Crippen molar-refractivity contribution >= 4 is 45.0 Å². The van der Waals surface area contributed by atoms with Crippen molar-refractivity contribution in [2.45, 2.75) is 52.1 Å². The van der Waals surface area contributed by atoms with E-state index in [0.717, 1.165) is 34.3 Å². The van der Waals surface area contributed by atoms with Gasteiger partial charge in [-0.15, -0.1) is 11.3 Å². The number of anilines is 1. The molecule has 4 rings (SSSR count). The fraction of sp³-hybridized carbons (Fsp3) is 0.423. The minimum atomic E-state index is -0.184. The number of hydrogen-bond acceptors (Lipinski definition) is 5. The van der Waals surface area contributed by atoms with Crippen molar-refractivity contribution < 1.29 is 19.1 Å². The molecule has 8 heteroatoms. The molecule has 0 aliphatic heterocycles. The number of ether oxygens (including phenoxy) is 1. The summed E-state index contributed by atoms with van der Waals surface area (Å²) in [5, 5.41) is 5.10. The van der Waals surface area contributed by atoms with Gasteiger partial charge in [-0.2, -0.15) is 0 Å². The lowest BCUT2D eigenvalue weighted by Crippen LogP contribution is -2.40. The molecule has 7 nitrogen and oxygen atoms in total. The van der Waals surface area contributed by atoms with E-state index in [1.165, 1.54) is 7.11 Å². The van der Waals surface area contributed by atoms with E-state index in [2.05, 4.69) is 5.32 Å². The largest absolute Gasteiger partial charge is 0.469 e. The molecule has 2 aromatic heterocycles. The van der Waals surface area contributed by atoms with Gasteiger partial charge in [-0.3, -0.25) is 14.4 Å². The summed E-state index contributed by atoms with van der Waals surface area (Å²) in [6.45, 7) is 4.58. The van der Waals surface area contributed by atoms with Crippen LogP contribution in [0.25, 0.3) is 10.2 Å². The maximum absolute atomic E-state index is 13.3. The van der Waals surface area contributed by atoms with Crippen LogP contribution in [-0.4, -0.2) is 42.0 Å². The first kappa shape index (κ1) is 24.0. The Balaban J connectivity index is 1.51. The molecule has 0 saturated heterocycles. The van der Waals surface area contributed by atoms with Crippen molar-refractivity contribution in [1.29, 1.82) is 0 Å². The van der Waals surface area contributed by atoms with Crippen molar-refractivity contribution in [1.82, 2.24) is 9.88 Å². The van der Waals surface area contributed by atoms with Crippen LogP contribution in [0.2, 0.25) is 0 Å². The van der Waals surface area contributed by atoms with Crippen LogP contribution in [0.3, 0.4) is 0 Å². The van der Waals surface area contributed by atoms with E-state index in [4.69, 9.17) is 4.74 Å². The normalized spacial score (nSPS) is 18.0. The fourth-order valence-corrected chi connectivity index (χ4v) is 5.58. The van der Waals surface area contributed by atoms with Gasteiger partial charge in [0.05, 0.1) is 23.2 Å². The van der Waals surface area contributed by atoms with Crippen LogP contribution in [-0.2, 0) is 20.9 Å². The number of methoxy groups -OCH3 is 1. The average molecular weight is 482 g/mol. The van der Waals surface area contributed by atoms with E-state index in [1.807, 2.05) is 60.2 Å². The number of fused-ring (bicyclic) bond motifs is 1. The van der Waals surface area contributed by atoms with Crippen molar-refractivity contribution in [2.75, 3.05) is 18.6 Å². The number of hydrogen-bond donors (Lipinski definition) is 1. The summed E-state index contributed by atoms with van der Waals surface area (Å²) in [4.78, 5) is 40.1. The molecule has 0 bridgehead atoms. The smallest absolute Gasteiger partial charge is 0.308 e. The molecule has 0 atom stereocenters. The van der Waals surface area contributed by atoms with Gasteiger partial charge in [-0.25, -0.2) is 0 Å². The predicted octanol–water partition coefficient (Wildman–Crippen LogP) is 4.53. The van der Waals surface area contributed by atoms with Gasteiger partial charge in [-0.05, 0) is 74.7 Å². The Labute approximate surface area is 203 Å². The maximum Gasteiger partial charge on any atom is 0.308 e. The molecule has 1 aromatic carbocycles. The van der Waals surface area contributed by atoms with E-state index >= 15 is 0 Å². The molecule has 2 amide bonds. The lowest BCUT2D eigenvalue weighted by molar-refractivity contribution is -0.146. The van der Waals surface area contributed by atoms with Crippen molar-refractivity contribution in [3.05, 3.63) is 53.0 Å². The van der Waals surface area contributed by atoms with Crippen LogP contribution in [0.5, 0.6) is 0 Å². The number of carbonyl (C=O) groups excluding carboxylic acids is 3. The van der Waals surface area contributed by atoms with Crippen LogP contribution in [0.1, 0.15) is 48.7 Å². The Morgan fingerprint density at radius 2 is 1.91 bits per heavy atom. The Bertz CT molecular complexity index is 1190. The summed E-state index contributed by atoms with van der Waals surface area (Å²) in [5.41, 5.74) is 3.32. The summed E-state index contributed by atoms with van der Waals surface area (Å²) in [7, 11) is 1.41. The number of rotatable bonds is 7. The topological polar surface area (TPSA) is 80.6 Å². The van der Waals surface area contributed by atoms with Gasteiger partial charge in [-0.1, -0.05) is 12.1 Å². The third-order valence-electron chi connectivity index (χ3n) is 6.58. The maximum atomic E-state index is 13.3. The Morgan fingerprint density at radius 1 is 1.15 bits per heavy atom. The van der Waals surface area contributed by atoms with E-state index in [9.17, 15) is 14.4 Å². The molecule has 0 unspecified atom stereocenters. The molecule has 34 heavy (non-hydrogen) atoms. The summed E-state index contributed by atoms with van der Waals surface area (Å²) >= 11 is 1.55. The van der Waals surface area contributed by atoms with Crippen LogP contribution in [0.4, 0.5) is 5.69 Å². The van der Waals surface area contributed by atoms with E-state index in [-0.39, 0.29) is 36.3 Å². The summed E-state index contributed by atoms with van der Waals surface area (Å²) in [6, 6.07) is 11.7. The van der Waals surface area contributed by atoms with Gasteiger partial charge >= 0.3 is 5.97 Å². The predicted molar refractivity (Wildman–Crippen MR) is 134 cm³/mol. The Kier molecular flexibility index (Phi) is 7.36. The van der Waals surface area contributed by atoms with Crippen LogP contribution in [0.15, 0.2) is 41.8 Å². The fourth-order valence-electron chi connectivity index (χ4n) is 4.75. The van der Waals surface area contributed by atoms with Gasteiger partial charge in [0.2, 0.25) is 5.91 Å². The number of aryl methyl sites for hydroxylation is 1. The number of carbonyl (C=O) groups is 3. The first-order chi connectivity index (χ1) is 16.4. The van der Waals surface area contributed by atoms with Gasteiger partial charge in [0, 0.05) is 18.3 Å². The molecule has 0 radical (unpaired) electrons. The van der Waals surface area contributed by atoms with Gasteiger partial charge in [0.25, 0.3) is 5.91 Å². The summed E-state index contributed by atoms with van der Waals surface area (Å²) < 4.78 is 7.65. The second-order valence-corrected chi connectivity index (χ2v) is 9.76. The van der Waals surface area contributed by atoms with Crippen molar-refractivity contribution in [3.8, 4) is 0 Å². The molecule has 1 saturated carbocycles. The SMILES string of the molecule is CCN(C(=O)Cn1c(C(=O)N[C@H]2CC[C@H](C(=O)OC)CC2)cc2sccc21)c1cccc(C)c1. The number of nitrogens with one attached hydrogen (secondary N) is 1. The van der Waals surface area contributed by atoms with Crippen molar-refractivity contribution in [2.24, 2.45) is 5.92 Å². The van der Waals surface area contributed by atoms with Crippen LogP contribution in [0, 0.1) is 12.8 Å². The molecule has 2 heterocycles. The molecule has 1 N–H and O–H groups in total. The Hall–Kier alpha value is -3.13. The third kappa shape index (κ3) is 5.01. The number of likely N-dealkylation sites (N-methyl/N-ethyl adjacent to an activating group) is 1. The van der Waals surface area contributed by atoms with E-state index in [1.54, 1.807) is 16.2 Å². The molecule has 0 spiro atoms. The minimum absolute atomic E-state index is 0.00456. The molecule has 180 valence electrons. The van der Waals surface area contributed by atoms with E-state index < -0.39 is 0 Å². The number of aromatic nitrogens is 1. The number of amides is 2. The van der Waals surface area contributed by atoms with Gasteiger partial charge in [0.1, 0.15) is 12.2 Å².